The van der Waals surface area contributed by atoms with Crippen LogP contribution in [0.5, 0.6) is 0 Å². The Balaban J connectivity index is 2.69. The fourth-order valence-electron chi connectivity index (χ4n) is 2.37. The van der Waals surface area contributed by atoms with Crippen LogP contribution >= 0.6 is 0 Å². The topological polar surface area (TPSA) is 3.24 Å². The van der Waals surface area contributed by atoms with Crippen molar-refractivity contribution in [3.05, 3.63) is 35.4 Å². The van der Waals surface area contributed by atoms with Gasteiger partial charge < -0.3 is 0 Å². The van der Waals surface area contributed by atoms with Gasteiger partial charge in [-0.2, -0.15) is 0 Å². The van der Waals surface area contributed by atoms with Gasteiger partial charge >= 0.3 is 0 Å². The molecule has 0 aromatic heterocycles. The number of hydrogen-bond donors (Lipinski definition) is 0. The van der Waals surface area contributed by atoms with Crippen LogP contribution in [0, 0.1) is 0 Å². The van der Waals surface area contributed by atoms with Crippen LogP contribution < -0.4 is 0 Å². The van der Waals surface area contributed by atoms with Gasteiger partial charge in [-0.15, -0.1) is 0 Å². The van der Waals surface area contributed by atoms with Gasteiger partial charge in [-0.25, -0.2) is 0 Å². The molecule has 0 amide bonds. The first-order valence-electron chi connectivity index (χ1n) is 7.10. The predicted molar refractivity (Wildman–Crippen MR) is 76.3 cm³/mol. The Morgan fingerprint density at radius 3 is 1.94 bits per heavy atom. The van der Waals surface area contributed by atoms with Crippen molar-refractivity contribution >= 4 is 0 Å². The van der Waals surface area contributed by atoms with E-state index in [2.05, 4.69) is 49.9 Å². The van der Waals surface area contributed by atoms with Crippen LogP contribution in [-0.4, -0.2) is 18.0 Å². The highest BCUT2D eigenvalue weighted by Crippen LogP contribution is 2.14. The number of benzene rings is 1. The Morgan fingerprint density at radius 2 is 1.41 bits per heavy atom. The third kappa shape index (κ3) is 4.91. The van der Waals surface area contributed by atoms with Crippen LogP contribution in [0.2, 0.25) is 0 Å². The molecule has 0 saturated carbocycles. The monoisotopic (exact) mass is 233 g/mol. The van der Waals surface area contributed by atoms with Gasteiger partial charge in [0.1, 0.15) is 0 Å². The fourth-order valence-corrected chi connectivity index (χ4v) is 2.37. The first kappa shape index (κ1) is 14.2. The number of rotatable bonds is 8. The Morgan fingerprint density at radius 1 is 0.824 bits per heavy atom. The molecule has 1 rings (SSSR count). The Labute approximate surface area is 107 Å². The minimum atomic E-state index is 1.12. The van der Waals surface area contributed by atoms with Crippen LogP contribution in [0.3, 0.4) is 0 Å². The van der Waals surface area contributed by atoms with E-state index < -0.39 is 0 Å². The Bertz CT molecular complexity index is 300. The van der Waals surface area contributed by atoms with Crippen molar-refractivity contribution in [2.45, 2.75) is 53.0 Å². The lowest BCUT2D eigenvalue weighted by Gasteiger charge is -2.22. The van der Waals surface area contributed by atoms with Gasteiger partial charge in [0.2, 0.25) is 0 Å². The highest BCUT2D eigenvalue weighted by molar-refractivity contribution is 5.27. The Hall–Kier alpha value is -0.820. The second kappa shape index (κ2) is 8.30. The predicted octanol–water partition coefficient (Wildman–Crippen LogP) is 4.26. The standard InChI is InChI=1S/C16H27N/c1-4-9-15-10-7-8-11-16(15)14-17(12-5-2)13-6-3/h7-8,10-11H,4-6,9,12-14H2,1-3H3. The smallest absolute Gasteiger partial charge is 0.0236 e. The maximum absolute atomic E-state index is 2.58. The van der Waals surface area contributed by atoms with E-state index in [1.54, 1.807) is 0 Å². The fraction of sp³-hybridized carbons (Fsp3) is 0.625. The summed E-state index contributed by atoms with van der Waals surface area (Å²) in [6.45, 7) is 10.3. The molecule has 0 saturated heterocycles. The molecule has 0 fully saturated rings. The van der Waals surface area contributed by atoms with E-state index in [-0.39, 0.29) is 0 Å². The lowest BCUT2D eigenvalue weighted by atomic mass is 10.0. The first-order chi connectivity index (χ1) is 8.31. The third-order valence-electron chi connectivity index (χ3n) is 3.11. The lowest BCUT2D eigenvalue weighted by Crippen LogP contribution is -2.25. The average Bonchev–Trinajstić information content (AvgIpc) is 2.33. The summed E-state index contributed by atoms with van der Waals surface area (Å²) < 4.78 is 0. The minimum Gasteiger partial charge on any atom is -0.299 e. The van der Waals surface area contributed by atoms with E-state index in [4.69, 9.17) is 0 Å². The molecule has 0 heterocycles. The molecule has 1 aromatic carbocycles. The molecular weight excluding hydrogens is 206 g/mol. The summed E-state index contributed by atoms with van der Waals surface area (Å²) in [6.07, 6.45) is 4.94. The molecule has 0 bridgehead atoms. The molecule has 0 aliphatic carbocycles. The van der Waals surface area contributed by atoms with E-state index in [9.17, 15) is 0 Å². The maximum Gasteiger partial charge on any atom is 0.0236 e. The van der Waals surface area contributed by atoms with Crippen LogP contribution in [0.25, 0.3) is 0 Å². The zero-order valence-corrected chi connectivity index (χ0v) is 11.7. The van der Waals surface area contributed by atoms with Gasteiger partial charge in [-0.05, 0) is 43.5 Å². The summed E-state index contributed by atoms with van der Waals surface area (Å²) in [5.74, 6) is 0. The third-order valence-corrected chi connectivity index (χ3v) is 3.11. The lowest BCUT2D eigenvalue weighted by molar-refractivity contribution is 0.266. The molecule has 0 radical (unpaired) electrons. The van der Waals surface area contributed by atoms with E-state index in [0.717, 1.165) is 6.54 Å². The van der Waals surface area contributed by atoms with Gasteiger partial charge in [-0.1, -0.05) is 51.5 Å². The molecule has 0 aliphatic rings. The maximum atomic E-state index is 2.58. The molecule has 17 heavy (non-hydrogen) atoms. The number of aryl methyl sites for hydroxylation is 1. The van der Waals surface area contributed by atoms with Crippen molar-refractivity contribution in [2.75, 3.05) is 13.1 Å². The van der Waals surface area contributed by atoms with E-state index in [1.165, 1.54) is 49.9 Å². The molecule has 0 N–H and O–H groups in total. The second-order valence-corrected chi connectivity index (χ2v) is 4.79. The SMILES string of the molecule is CCCc1ccccc1CN(CCC)CCC. The van der Waals surface area contributed by atoms with Crippen molar-refractivity contribution in [2.24, 2.45) is 0 Å². The molecule has 0 spiro atoms. The highest BCUT2D eigenvalue weighted by Gasteiger charge is 2.06. The molecule has 1 heteroatoms. The van der Waals surface area contributed by atoms with Crippen LogP contribution in [0.4, 0.5) is 0 Å². The summed E-state index contributed by atoms with van der Waals surface area (Å²) in [4.78, 5) is 2.58. The number of hydrogen-bond acceptors (Lipinski definition) is 1. The van der Waals surface area contributed by atoms with E-state index in [0.29, 0.717) is 0 Å². The Kier molecular flexibility index (Phi) is 6.95. The zero-order valence-electron chi connectivity index (χ0n) is 11.7. The summed E-state index contributed by atoms with van der Waals surface area (Å²) in [5, 5.41) is 0. The van der Waals surface area contributed by atoms with Crippen molar-refractivity contribution in [3.8, 4) is 0 Å². The zero-order chi connectivity index (χ0) is 12.5. The van der Waals surface area contributed by atoms with Gasteiger partial charge in [0.25, 0.3) is 0 Å². The molecule has 1 aromatic rings. The van der Waals surface area contributed by atoms with Gasteiger partial charge in [0, 0.05) is 6.54 Å². The van der Waals surface area contributed by atoms with Crippen LogP contribution in [0.1, 0.15) is 51.2 Å². The van der Waals surface area contributed by atoms with Gasteiger partial charge in [0.15, 0.2) is 0 Å². The quantitative estimate of drug-likeness (QED) is 0.648. The number of nitrogens with zero attached hydrogens (tertiary/aromatic N) is 1. The van der Waals surface area contributed by atoms with E-state index >= 15 is 0 Å². The summed E-state index contributed by atoms with van der Waals surface area (Å²) >= 11 is 0. The normalized spacial score (nSPS) is 11.1. The van der Waals surface area contributed by atoms with E-state index in [1.807, 2.05) is 0 Å². The van der Waals surface area contributed by atoms with Gasteiger partial charge in [0.05, 0.1) is 0 Å². The van der Waals surface area contributed by atoms with Crippen LogP contribution in [-0.2, 0) is 13.0 Å². The average molecular weight is 233 g/mol. The summed E-state index contributed by atoms with van der Waals surface area (Å²) in [5.41, 5.74) is 3.06. The minimum absolute atomic E-state index is 1.12. The van der Waals surface area contributed by atoms with Crippen LogP contribution in [0.15, 0.2) is 24.3 Å². The largest absolute Gasteiger partial charge is 0.299 e. The molecular formula is C16H27N. The second-order valence-electron chi connectivity index (χ2n) is 4.79. The van der Waals surface area contributed by atoms with Crippen molar-refractivity contribution < 1.29 is 0 Å². The molecule has 96 valence electrons. The first-order valence-corrected chi connectivity index (χ1v) is 7.10. The molecule has 0 unspecified atom stereocenters. The molecule has 0 aliphatic heterocycles. The molecule has 0 atom stereocenters. The molecule has 1 nitrogen and oxygen atoms in total. The van der Waals surface area contributed by atoms with Crippen molar-refractivity contribution in [3.63, 3.8) is 0 Å². The van der Waals surface area contributed by atoms with Crippen molar-refractivity contribution in [1.29, 1.82) is 0 Å². The summed E-state index contributed by atoms with van der Waals surface area (Å²) in [7, 11) is 0. The highest BCUT2D eigenvalue weighted by atomic mass is 15.1. The summed E-state index contributed by atoms with van der Waals surface area (Å²) in [6, 6.07) is 8.92. The van der Waals surface area contributed by atoms with Crippen molar-refractivity contribution in [1.82, 2.24) is 4.90 Å². The van der Waals surface area contributed by atoms with Gasteiger partial charge in [-0.3, -0.25) is 4.90 Å².